The zero-order valence-corrected chi connectivity index (χ0v) is 8.68. The summed E-state index contributed by atoms with van der Waals surface area (Å²) in [5.74, 6) is 3.24. The molecule has 3 bridgehead atoms. The summed E-state index contributed by atoms with van der Waals surface area (Å²) in [6, 6.07) is 0. The molecule has 3 fully saturated rings. The van der Waals surface area contributed by atoms with Crippen molar-refractivity contribution in [3.8, 4) is 0 Å². The van der Waals surface area contributed by atoms with E-state index in [0.29, 0.717) is 5.54 Å². The summed E-state index contributed by atoms with van der Waals surface area (Å²) in [7, 11) is 2.18. The zero-order valence-electron chi connectivity index (χ0n) is 8.68. The first kappa shape index (κ1) is 8.28. The Labute approximate surface area is 81.3 Å². The van der Waals surface area contributed by atoms with Gasteiger partial charge in [-0.2, -0.15) is 0 Å². The molecule has 0 radical (unpaired) electrons. The molecule has 0 amide bonds. The van der Waals surface area contributed by atoms with Crippen LogP contribution in [0.4, 0.5) is 0 Å². The molecule has 4 unspecified atom stereocenters. The Balaban J connectivity index is 1.91. The Morgan fingerprint density at radius 3 is 2.77 bits per heavy atom. The van der Waals surface area contributed by atoms with E-state index in [1.165, 1.54) is 38.5 Å². The molecule has 3 aliphatic carbocycles. The van der Waals surface area contributed by atoms with Crippen LogP contribution in [0.2, 0.25) is 0 Å². The van der Waals surface area contributed by atoms with E-state index >= 15 is 0 Å². The Morgan fingerprint density at radius 2 is 1.92 bits per heavy atom. The maximum atomic E-state index is 3.64. The molecule has 4 atom stereocenters. The van der Waals surface area contributed by atoms with Crippen LogP contribution in [0.15, 0.2) is 0 Å². The predicted molar refractivity (Wildman–Crippen MR) is 54.6 cm³/mol. The maximum absolute atomic E-state index is 3.64. The van der Waals surface area contributed by atoms with Gasteiger partial charge in [-0.05, 0) is 50.5 Å². The molecule has 0 aromatic carbocycles. The third-order valence-electron chi connectivity index (χ3n) is 5.01. The minimum Gasteiger partial charge on any atom is -0.314 e. The average Bonchev–Trinajstić information content (AvgIpc) is 2.29. The molecule has 0 aromatic heterocycles. The molecule has 0 saturated heterocycles. The molecular formula is C12H21N. The van der Waals surface area contributed by atoms with Gasteiger partial charge in [0.2, 0.25) is 0 Å². The van der Waals surface area contributed by atoms with Crippen molar-refractivity contribution in [1.82, 2.24) is 5.32 Å². The molecule has 0 spiro atoms. The summed E-state index contributed by atoms with van der Waals surface area (Å²) < 4.78 is 0. The summed E-state index contributed by atoms with van der Waals surface area (Å²) in [4.78, 5) is 0. The van der Waals surface area contributed by atoms with Gasteiger partial charge in [-0.1, -0.05) is 19.3 Å². The van der Waals surface area contributed by atoms with Crippen LogP contribution >= 0.6 is 0 Å². The third kappa shape index (κ3) is 1.16. The molecular weight excluding hydrogens is 158 g/mol. The lowest BCUT2D eigenvalue weighted by Crippen LogP contribution is -2.44. The van der Waals surface area contributed by atoms with Gasteiger partial charge in [0.25, 0.3) is 0 Å². The molecule has 13 heavy (non-hydrogen) atoms. The number of rotatable bonds is 1. The lowest BCUT2D eigenvalue weighted by molar-refractivity contribution is 0.192. The van der Waals surface area contributed by atoms with E-state index in [2.05, 4.69) is 12.4 Å². The fourth-order valence-electron chi connectivity index (χ4n) is 4.46. The van der Waals surface area contributed by atoms with Gasteiger partial charge in [0.15, 0.2) is 0 Å². The van der Waals surface area contributed by atoms with E-state index in [4.69, 9.17) is 0 Å². The maximum Gasteiger partial charge on any atom is 0.0186 e. The highest BCUT2D eigenvalue weighted by Gasteiger charge is 2.50. The quantitative estimate of drug-likeness (QED) is 0.652. The summed E-state index contributed by atoms with van der Waals surface area (Å²) in [6.07, 6.45) is 10.6. The van der Waals surface area contributed by atoms with Crippen LogP contribution in [0.5, 0.6) is 0 Å². The topological polar surface area (TPSA) is 12.0 Å². The van der Waals surface area contributed by atoms with E-state index in [9.17, 15) is 0 Å². The van der Waals surface area contributed by atoms with Crippen molar-refractivity contribution in [2.75, 3.05) is 7.05 Å². The van der Waals surface area contributed by atoms with Crippen molar-refractivity contribution in [1.29, 1.82) is 0 Å². The predicted octanol–water partition coefficient (Wildman–Crippen LogP) is 2.56. The van der Waals surface area contributed by atoms with Crippen molar-refractivity contribution < 1.29 is 0 Å². The van der Waals surface area contributed by atoms with Gasteiger partial charge in [0.1, 0.15) is 0 Å². The highest BCUT2D eigenvalue weighted by molar-refractivity contribution is 5.06. The molecule has 1 N–H and O–H groups in total. The van der Waals surface area contributed by atoms with E-state index in [1.54, 1.807) is 6.42 Å². The molecule has 0 heterocycles. The van der Waals surface area contributed by atoms with E-state index in [1.807, 2.05) is 0 Å². The third-order valence-corrected chi connectivity index (χ3v) is 5.01. The van der Waals surface area contributed by atoms with Crippen LogP contribution in [0.3, 0.4) is 0 Å². The number of hydrogen-bond acceptors (Lipinski definition) is 1. The summed E-state index contributed by atoms with van der Waals surface area (Å²) in [5, 5.41) is 3.64. The van der Waals surface area contributed by atoms with E-state index < -0.39 is 0 Å². The molecule has 1 nitrogen and oxygen atoms in total. The molecule has 3 aliphatic rings. The molecule has 0 aliphatic heterocycles. The highest BCUT2D eigenvalue weighted by atomic mass is 15.0. The first-order chi connectivity index (χ1) is 6.31. The van der Waals surface area contributed by atoms with Gasteiger partial charge in [0.05, 0.1) is 0 Å². The molecule has 3 rings (SSSR count). The average molecular weight is 179 g/mol. The van der Waals surface area contributed by atoms with Crippen molar-refractivity contribution in [3.63, 3.8) is 0 Å². The summed E-state index contributed by atoms with van der Waals surface area (Å²) >= 11 is 0. The van der Waals surface area contributed by atoms with Crippen LogP contribution in [0.25, 0.3) is 0 Å². The van der Waals surface area contributed by atoms with Gasteiger partial charge in [-0.3, -0.25) is 0 Å². The highest BCUT2D eigenvalue weighted by Crippen LogP contribution is 2.55. The normalized spacial score (nSPS) is 53.8. The fourth-order valence-corrected chi connectivity index (χ4v) is 4.46. The number of hydrogen-bond donors (Lipinski definition) is 1. The largest absolute Gasteiger partial charge is 0.314 e. The second-order valence-electron chi connectivity index (χ2n) is 5.70. The van der Waals surface area contributed by atoms with Crippen LogP contribution < -0.4 is 5.32 Å². The molecule has 0 aromatic rings. The van der Waals surface area contributed by atoms with Gasteiger partial charge >= 0.3 is 0 Å². The van der Waals surface area contributed by atoms with Crippen LogP contribution in [-0.2, 0) is 0 Å². The van der Waals surface area contributed by atoms with Crippen LogP contribution in [-0.4, -0.2) is 12.6 Å². The Bertz CT molecular complexity index is 209. The summed E-state index contributed by atoms with van der Waals surface area (Å²) in [5.41, 5.74) is 0.582. The second-order valence-corrected chi connectivity index (χ2v) is 5.70. The molecule has 3 saturated carbocycles. The van der Waals surface area contributed by atoms with Crippen molar-refractivity contribution in [2.24, 2.45) is 17.8 Å². The zero-order chi connectivity index (χ0) is 8.89. The van der Waals surface area contributed by atoms with Gasteiger partial charge in [-0.25, -0.2) is 0 Å². The lowest BCUT2D eigenvalue weighted by Gasteiger charge is -2.37. The first-order valence-electron chi connectivity index (χ1n) is 6.00. The lowest BCUT2D eigenvalue weighted by atomic mass is 9.75. The van der Waals surface area contributed by atoms with Crippen molar-refractivity contribution >= 4 is 0 Å². The van der Waals surface area contributed by atoms with Gasteiger partial charge in [-0.15, -0.1) is 0 Å². The number of nitrogens with one attached hydrogen (secondary N) is 1. The SMILES string of the molecule is CNC12CC3CCCC(C1)C(C3)C2. The number of fused-ring (bicyclic) bond motifs is 2. The standard InChI is InChI=1S/C12H21N/c1-13-12-6-9-3-2-4-10(7-12)11(5-9)8-12/h9-11,13H,2-8H2,1H3. The Hall–Kier alpha value is -0.0400. The van der Waals surface area contributed by atoms with Crippen LogP contribution in [0.1, 0.15) is 44.9 Å². The van der Waals surface area contributed by atoms with Crippen molar-refractivity contribution in [2.45, 2.75) is 50.5 Å². The van der Waals surface area contributed by atoms with E-state index in [-0.39, 0.29) is 0 Å². The molecule has 74 valence electrons. The Kier molecular flexibility index (Phi) is 1.74. The minimum absolute atomic E-state index is 0.582. The van der Waals surface area contributed by atoms with Gasteiger partial charge < -0.3 is 5.32 Å². The van der Waals surface area contributed by atoms with E-state index in [0.717, 1.165) is 17.8 Å². The van der Waals surface area contributed by atoms with Gasteiger partial charge in [0, 0.05) is 5.54 Å². The smallest absolute Gasteiger partial charge is 0.0186 e. The Morgan fingerprint density at radius 1 is 1.08 bits per heavy atom. The monoisotopic (exact) mass is 179 g/mol. The fraction of sp³-hybridized carbons (Fsp3) is 1.00. The van der Waals surface area contributed by atoms with Crippen LogP contribution in [0, 0.1) is 17.8 Å². The minimum atomic E-state index is 0.582. The summed E-state index contributed by atoms with van der Waals surface area (Å²) in [6.45, 7) is 0. The second kappa shape index (κ2) is 2.73. The first-order valence-corrected chi connectivity index (χ1v) is 6.00. The van der Waals surface area contributed by atoms with Crippen molar-refractivity contribution in [3.05, 3.63) is 0 Å². The molecule has 1 heteroatoms.